The van der Waals surface area contributed by atoms with Crippen LogP contribution >= 0.6 is 0 Å². The Bertz CT molecular complexity index is 552. The van der Waals surface area contributed by atoms with E-state index in [9.17, 15) is 4.79 Å². The second-order valence-corrected chi connectivity index (χ2v) is 12.6. The van der Waals surface area contributed by atoms with Crippen molar-refractivity contribution in [1.29, 1.82) is 0 Å². The highest BCUT2D eigenvalue weighted by Crippen LogP contribution is 2.40. The van der Waals surface area contributed by atoms with Crippen molar-refractivity contribution in [1.82, 2.24) is 0 Å². The Morgan fingerprint density at radius 1 is 1.00 bits per heavy atom. The van der Waals surface area contributed by atoms with Gasteiger partial charge < -0.3 is 4.74 Å². The molecule has 1 aromatic carbocycles. The molecule has 2 nitrogen and oxygen atoms in total. The van der Waals surface area contributed by atoms with E-state index in [2.05, 4.69) is 53.0 Å². The molecule has 0 bridgehead atoms. The molecule has 0 aromatic heterocycles. The third-order valence-corrected chi connectivity index (χ3v) is 11.2. The van der Waals surface area contributed by atoms with Gasteiger partial charge in [-0.05, 0) is 34.3 Å². The highest BCUT2D eigenvalue weighted by atomic mass is 28.3. The topological polar surface area (TPSA) is 26.3 Å². The quantitative estimate of drug-likeness (QED) is 0.419. The SMILES string of the molecule is COC(=O)c1ccc(CC#C[Si](C(C)C)(C(C)C)C(C)C)cc1. The predicted octanol–water partition coefficient (Wildman–Crippen LogP) is 5.24. The lowest BCUT2D eigenvalue weighted by Crippen LogP contribution is -2.43. The molecule has 23 heavy (non-hydrogen) atoms. The van der Waals surface area contributed by atoms with Crippen LogP contribution in [0.4, 0.5) is 0 Å². The van der Waals surface area contributed by atoms with Gasteiger partial charge in [0, 0.05) is 6.42 Å². The molecule has 0 fully saturated rings. The van der Waals surface area contributed by atoms with E-state index in [1.807, 2.05) is 12.1 Å². The van der Waals surface area contributed by atoms with Crippen LogP contribution in [-0.4, -0.2) is 21.2 Å². The molecular formula is C20H30O2Si. The van der Waals surface area contributed by atoms with Crippen LogP contribution in [0.5, 0.6) is 0 Å². The zero-order valence-corrected chi connectivity index (χ0v) is 16.6. The number of methoxy groups -OCH3 is 1. The highest BCUT2D eigenvalue weighted by molar-refractivity contribution is 6.90. The Balaban J connectivity index is 2.95. The Kier molecular flexibility index (Phi) is 7.09. The van der Waals surface area contributed by atoms with E-state index in [4.69, 9.17) is 4.74 Å². The van der Waals surface area contributed by atoms with E-state index in [-0.39, 0.29) is 5.97 Å². The van der Waals surface area contributed by atoms with E-state index in [1.165, 1.54) is 7.11 Å². The number of ether oxygens (including phenoxy) is 1. The van der Waals surface area contributed by atoms with Crippen LogP contribution < -0.4 is 0 Å². The minimum absolute atomic E-state index is 0.298. The van der Waals surface area contributed by atoms with E-state index in [0.29, 0.717) is 22.2 Å². The first kappa shape index (κ1) is 19.5. The number of hydrogen-bond acceptors (Lipinski definition) is 2. The predicted molar refractivity (Wildman–Crippen MR) is 100 cm³/mol. The summed E-state index contributed by atoms with van der Waals surface area (Å²) in [4.78, 5) is 11.5. The number of carbonyl (C=O) groups excluding carboxylic acids is 1. The second-order valence-electron chi connectivity index (χ2n) is 7.06. The Morgan fingerprint density at radius 2 is 1.48 bits per heavy atom. The van der Waals surface area contributed by atoms with Gasteiger partial charge >= 0.3 is 5.97 Å². The number of benzene rings is 1. The summed E-state index contributed by atoms with van der Waals surface area (Å²) in [7, 11) is -0.253. The van der Waals surface area contributed by atoms with E-state index in [1.54, 1.807) is 12.1 Å². The molecular weight excluding hydrogens is 300 g/mol. The van der Waals surface area contributed by atoms with Crippen LogP contribution in [0, 0.1) is 11.5 Å². The molecule has 0 heterocycles. The van der Waals surface area contributed by atoms with Crippen molar-refractivity contribution in [3.8, 4) is 11.5 Å². The summed E-state index contributed by atoms with van der Waals surface area (Å²) in [6.07, 6.45) is 0.738. The van der Waals surface area contributed by atoms with Crippen molar-refractivity contribution < 1.29 is 9.53 Å². The molecule has 0 aliphatic carbocycles. The monoisotopic (exact) mass is 330 g/mol. The average molecular weight is 331 g/mol. The fourth-order valence-corrected chi connectivity index (χ4v) is 8.87. The van der Waals surface area contributed by atoms with Crippen molar-refractivity contribution in [2.45, 2.75) is 64.6 Å². The van der Waals surface area contributed by atoms with Crippen molar-refractivity contribution in [2.75, 3.05) is 7.11 Å². The highest BCUT2D eigenvalue weighted by Gasteiger charge is 2.41. The van der Waals surface area contributed by atoms with E-state index in [0.717, 1.165) is 12.0 Å². The maximum Gasteiger partial charge on any atom is 0.337 e. The lowest BCUT2D eigenvalue weighted by molar-refractivity contribution is 0.0600. The standard InChI is InChI=1S/C20H30O2Si/c1-15(2)23(16(3)4,17(5)6)14-8-9-18-10-12-19(13-11-18)20(21)22-7/h10-13,15-17H,9H2,1-7H3. The normalized spacial score (nSPS) is 11.6. The van der Waals surface area contributed by atoms with Crippen molar-refractivity contribution in [2.24, 2.45) is 0 Å². The van der Waals surface area contributed by atoms with Crippen molar-refractivity contribution >= 4 is 14.0 Å². The van der Waals surface area contributed by atoms with Crippen molar-refractivity contribution in [3.05, 3.63) is 35.4 Å². The van der Waals surface area contributed by atoms with Crippen LogP contribution in [0.15, 0.2) is 24.3 Å². The van der Waals surface area contributed by atoms with Crippen LogP contribution in [0.25, 0.3) is 0 Å². The molecule has 0 spiro atoms. The van der Waals surface area contributed by atoms with Crippen LogP contribution in [0.3, 0.4) is 0 Å². The maximum absolute atomic E-state index is 11.5. The third-order valence-electron chi connectivity index (χ3n) is 4.84. The molecule has 0 saturated carbocycles. The number of carbonyl (C=O) groups is 1. The zero-order valence-electron chi connectivity index (χ0n) is 15.6. The average Bonchev–Trinajstić information content (AvgIpc) is 2.50. The molecule has 1 aromatic rings. The molecule has 0 amide bonds. The summed E-state index contributed by atoms with van der Waals surface area (Å²) in [6, 6.07) is 7.54. The molecule has 1 rings (SSSR count). The van der Waals surface area contributed by atoms with Gasteiger partial charge in [0.15, 0.2) is 0 Å². The van der Waals surface area contributed by atoms with Gasteiger partial charge in [-0.3, -0.25) is 0 Å². The lowest BCUT2D eigenvalue weighted by atomic mass is 10.1. The molecule has 0 atom stereocenters. The number of rotatable bonds is 5. The first-order valence-corrected chi connectivity index (χ1v) is 10.7. The van der Waals surface area contributed by atoms with Gasteiger partial charge in [0.05, 0.1) is 12.7 Å². The van der Waals surface area contributed by atoms with Crippen LogP contribution in [0.2, 0.25) is 16.6 Å². The first-order chi connectivity index (χ1) is 10.8. The molecule has 126 valence electrons. The zero-order chi connectivity index (χ0) is 17.6. The molecule has 3 heteroatoms. The molecule has 0 aliphatic rings. The minimum atomic E-state index is -1.65. The summed E-state index contributed by atoms with van der Waals surface area (Å²) >= 11 is 0. The summed E-state index contributed by atoms with van der Waals surface area (Å²) < 4.78 is 4.72. The van der Waals surface area contributed by atoms with Crippen LogP contribution in [0.1, 0.15) is 57.5 Å². The summed E-state index contributed by atoms with van der Waals surface area (Å²) in [5.74, 6) is 3.15. The number of esters is 1. The van der Waals surface area contributed by atoms with Crippen molar-refractivity contribution in [3.63, 3.8) is 0 Å². The second kappa shape index (κ2) is 8.36. The fraction of sp³-hybridized carbons (Fsp3) is 0.550. The van der Waals surface area contributed by atoms with Crippen LogP contribution in [-0.2, 0) is 11.2 Å². The molecule has 0 radical (unpaired) electrons. The smallest absolute Gasteiger partial charge is 0.337 e. The summed E-state index contributed by atoms with van der Waals surface area (Å²) in [5.41, 5.74) is 7.40. The third kappa shape index (κ3) is 4.48. The van der Waals surface area contributed by atoms with E-state index >= 15 is 0 Å². The van der Waals surface area contributed by atoms with Gasteiger partial charge in [0.2, 0.25) is 0 Å². The maximum atomic E-state index is 11.5. The van der Waals surface area contributed by atoms with Gasteiger partial charge in [-0.15, -0.1) is 11.5 Å². The number of hydrogen-bond donors (Lipinski definition) is 0. The largest absolute Gasteiger partial charge is 0.465 e. The molecule has 0 unspecified atom stereocenters. The summed E-state index contributed by atoms with van der Waals surface area (Å²) in [5, 5.41) is 0. The van der Waals surface area contributed by atoms with Gasteiger partial charge in [-0.2, -0.15) is 0 Å². The lowest BCUT2D eigenvalue weighted by Gasteiger charge is -2.38. The Labute approximate surface area is 142 Å². The molecule has 0 aliphatic heterocycles. The minimum Gasteiger partial charge on any atom is -0.465 e. The van der Waals surface area contributed by atoms with E-state index < -0.39 is 8.07 Å². The van der Waals surface area contributed by atoms with Gasteiger partial charge in [0.1, 0.15) is 8.07 Å². The Morgan fingerprint density at radius 3 is 1.87 bits per heavy atom. The van der Waals surface area contributed by atoms with Gasteiger partial charge in [-0.1, -0.05) is 53.7 Å². The van der Waals surface area contributed by atoms with Gasteiger partial charge in [-0.25, -0.2) is 4.79 Å². The fourth-order valence-electron chi connectivity index (χ4n) is 3.61. The molecule has 0 N–H and O–H groups in total. The molecule has 0 saturated heterocycles. The Hall–Kier alpha value is -1.53. The summed E-state index contributed by atoms with van der Waals surface area (Å²) in [6.45, 7) is 14.0. The van der Waals surface area contributed by atoms with Gasteiger partial charge in [0.25, 0.3) is 0 Å². The first-order valence-electron chi connectivity index (χ1n) is 8.43.